The minimum absolute atomic E-state index is 0.174. The minimum atomic E-state index is -0.174. The molecule has 294 valence electrons. The van der Waals surface area contributed by atoms with Crippen molar-refractivity contribution in [2.24, 2.45) is 0 Å². The van der Waals surface area contributed by atoms with E-state index < -0.39 is 0 Å². The normalized spacial score (nSPS) is 12.3. The lowest BCUT2D eigenvalue weighted by molar-refractivity contribution is 0.465. The molecule has 2 heterocycles. The first-order chi connectivity index (χ1) is 31.3. The largest absolute Gasteiger partial charge is 0.458 e. The lowest BCUT2D eigenvalue weighted by atomic mass is 9.33. The van der Waals surface area contributed by atoms with Crippen LogP contribution in [0.25, 0.3) is 43.1 Å². The Labute approximate surface area is 365 Å². The van der Waals surface area contributed by atoms with E-state index in [0.717, 1.165) is 95.1 Å². The van der Waals surface area contributed by atoms with E-state index >= 15 is 0 Å². The maximum atomic E-state index is 7.16. The van der Waals surface area contributed by atoms with Crippen molar-refractivity contribution in [1.82, 2.24) is 0 Å². The van der Waals surface area contributed by atoms with Crippen molar-refractivity contribution in [1.29, 1.82) is 0 Å². The molecule has 11 aromatic carbocycles. The summed E-state index contributed by atoms with van der Waals surface area (Å²) in [5.41, 5.74) is 9.77. The monoisotopic (exact) mass is 804 g/mol. The van der Waals surface area contributed by atoms with Crippen molar-refractivity contribution in [2.75, 3.05) is 9.80 Å². The molecular weight excluding hydrogens is 767 g/mol. The molecule has 0 radical (unpaired) electrons. The molecule has 0 bridgehead atoms. The van der Waals surface area contributed by atoms with Crippen molar-refractivity contribution in [2.45, 2.75) is 0 Å². The van der Waals surface area contributed by atoms with Crippen LogP contribution < -0.4 is 35.7 Å². The molecule has 11 aromatic rings. The summed E-state index contributed by atoms with van der Waals surface area (Å²) in [6.07, 6.45) is 0. The molecule has 0 saturated heterocycles. The molecule has 0 unspecified atom stereocenters. The van der Waals surface area contributed by atoms with Crippen LogP contribution in [0.15, 0.2) is 224 Å². The summed E-state index contributed by atoms with van der Waals surface area (Å²) >= 11 is 0. The van der Waals surface area contributed by atoms with Gasteiger partial charge in [0.2, 0.25) is 0 Å². The van der Waals surface area contributed by atoms with E-state index in [2.05, 4.69) is 228 Å². The van der Waals surface area contributed by atoms with Crippen LogP contribution >= 0.6 is 0 Å². The number of nitrogens with zero attached hydrogens (tertiary/aromatic N) is 2. The second kappa shape index (κ2) is 14.2. The number of ether oxygens (including phenoxy) is 2. The number of benzene rings is 11. The second-order valence-corrected chi connectivity index (χ2v) is 16.3. The van der Waals surface area contributed by atoms with E-state index in [0.29, 0.717) is 0 Å². The van der Waals surface area contributed by atoms with Gasteiger partial charge in [0, 0.05) is 50.5 Å². The first-order valence-corrected chi connectivity index (χ1v) is 21.5. The molecule has 0 aromatic heterocycles. The maximum absolute atomic E-state index is 7.16. The van der Waals surface area contributed by atoms with E-state index in [1.54, 1.807) is 0 Å². The molecule has 2 aliphatic rings. The number of hydrogen-bond donors (Lipinski definition) is 0. The molecule has 0 atom stereocenters. The zero-order valence-electron chi connectivity index (χ0n) is 34.2. The van der Waals surface area contributed by atoms with Gasteiger partial charge in [0.15, 0.2) is 0 Å². The molecule has 0 spiro atoms. The van der Waals surface area contributed by atoms with Gasteiger partial charge in [0.25, 0.3) is 6.71 Å². The minimum Gasteiger partial charge on any atom is -0.458 e. The quantitative estimate of drug-likeness (QED) is 0.156. The van der Waals surface area contributed by atoms with Gasteiger partial charge >= 0.3 is 0 Å². The predicted molar refractivity (Wildman–Crippen MR) is 264 cm³/mol. The molecule has 0 aliphatic carbocycles. The highest BCUT2D eigenvalue weighted by Gasteiger charge is 2.43. The Kier molecular flexibility index (Phi) is 7.97. The SMILES string of the molecule is c1ccc(N(c2ccccc2)c2cc3c(c4ccccc24)B2c4c(cccc4Oc4cc(N(c5cccc6ccccc56)c5cccc6ccccc56)c5ccccc5c42)O3)cc1. The molecule has 0 saturated carbocycles. The van der Waals surface area contributed by atoms with Crippen molar-refractivity contribution in [3.8, 4) is 23.0 Å². The summed E-state index contributed by atoms with van der Waals surface area (Å²) in [7, 11) is 0. The number of fused-ring (bicyclic) bond motifs is 10. The van der Waals surface area contributed by atoms with E-state index in [1.165, 1.54) is 21.5 Å². The van der Waals surface area contributed by atoms with E-state index in [9.17, 15) is 0 Å². The zero-order valence-corrected chi connectivity index (χ0v) is 34.2. The highest BCUT2D eigenvalue weighted by molar-refractivity contribution is 7.01. The first kappa shape index (κ1) is 35.5. The Bertz CT molecular complexity index is 3480. The Hall–Kier alpha value is -8.28. The fourth-order valence-electron chi connectivity index (χ4n) is 10.3. The average Bonchev–Trinajstić information content (AvgIpc) is 3.35. The van der Waals surface area contributed by atoms with Gasteiger partial charge in [-0.3, -0.25) is 0 Å². The van der Waals surface area contributed by atoms with Gasteiger partial charge in [0.1, 0.15) is 23.0 Å². The second-order valence-electron chi connectivity index (χ2n) is 16.3. The molecule has 0 amide bonds. The summed E-state index contributed by atoms with van der Waals surface area (Å²) in [6, 6.07) is 80.2. The molecule has 5 heteroatoms. The van der Waals surface area contributed by atoms with Gasteiger partial charge in [-0.15, -0.1) is 0 Å². The Morgan fingerprint density at radius 3 is 1.14 bits per heavy atom. The van der Waals surface area contributed by atoms with Gasteiger partial charge in [-0.1, -0.05) is 164 Å². The van der Waals surface area contributed by atoms with E-state index in [-0.39, 0.29) is 6.71 Å². The number of hydrogen-bond acceptors (Lipinski definition) is 4. The number of anilines is 6. The summed E-state index contributed by atoms with van der Waals surface area (Å²) in [5, 5.41) is 9.26. The predicted octanol–water partition coefficient (Wildman–Crippen LogP) is 14.0. The Morgan fingerprint density at radius 1 is 0.270 bits per heavy atom. The van der Waals surface area contributed by atoms with Crippen molar-refractivity contribution in [3.63, 3.8) is 0 Å². The van der Waals surface area contributed by atoms with Gasteiger partial charge < -0.3 is 19.3 Å². The fourth-order valence-corrected chi connectivity index (χ4v) is 10.3. The van der Waals surface area contributed by atoms with E-state index in [4.69, 9.17) is 9.47 Å². The van der Waals surface area contributed by atoms with Crippen LogP contribution in [0.2, 0.25) is 0 Å². The highest BCUT2D eigenvalue weighted by Crippen LogP contribution is 2.48. The third-order valence-corrected chi connectivity index (χ3v) is 12.9. The van der Waals surface area contributed by atoms with Gasteiger partial charge in [0.05, 0.1) is 22.7 Å². The third kappa shape index (κ3) is 5.50. The van der Waals surface area contributed by atoms with Crippen LogP contribution in [0.5, 0.6) is 23.0 Å². The zero-order chi connectivity index (χ0) is 41.4. The van der Waals surface area contributed by atoms with Gasteiger partial charge in [-0.05, 0) is 81.0 Å². The molecule has 63 heavy (non-hydrogen) atoms. The van der Waals surface area contributed by atoms with Gasteiger partial charge in [-0.25, -0.2) is 0 Å². The fraction of sp³-hybridized carbons (Fsp3) is 0. The highest BCUT2D eigenvalue weighted by atomic mass is 16.5. The summed E-state index contributed by atoms with van der Waals surface area (Å²) in [4.78, 5) is 4.79. The Balaban J connectivity index is 1.10. The topological polar surface area (TPSA) is 24.9 Å². The standard InChI is InChI=1S/C58H37BN2O2/c1-3-22-40(23-4-1)60(41-24-5-2-6-25-41)50-36-54-56(46-30-13-11-28-44(46)50)59-57-47-31-14-12-29-45(47)51(37-55(57)63-53-35-17-34-52(62-54)58(53)59)61(48-32-15-20-38-18-7-9-26-42(38)48)49-33-16-21-39-19-8-10-27-43(39)49/h1-37H. The third-order valence-electron chi connectivity index (χ3n) is 12.9. The smallest absolute Gasteiger partial charge is 0.262 e. The molecular formula is C58H37BN2O2. The Morgan fingerprint density at radius 2 is 0.651 bits per heavy atom. The van der Waals surface area contributed by atoms with Crippen LogP contribution in [-0.4, -0.2) is 6.71 Å². The molecule has 2 aliphatic heterocycles. The number of rotatable bonds is 6. The first-order valence-electron chi connectivity index (χ1n) is 21.5. The van der Waals surface area contributed by atoms with Crippen molar-refractivity contribution < 1.29 is 9.47 Å². The lowest BCUT2D eigenvalue weighted by Gasteiger charge is -2.37. The van der Waals surface area contributed by atoms with Crippen LogP contribution in [-0.2, 0) is 0 Å². The van der Waals surface area contributed by atoms with Crippen LogP contribution in [0.3, 0.4) is 0 Å². The molecule has 0 N–H and O–H groups in total. The molecule has 13 rings (SSSR count). The summed E-state index contributed by atoms with van der Waals surface area (Å²) < 4.78 is 14.2. The van der Waals surface area contributed by atoms with E-state index in [1.807, 2.05) is 6.07 Å². The lowest BCUT2D eigenvalue weighted by Crippen LogP contribution is -2.58. The van der Waals surface area contributed by atoms with Gasteiger partial charge in [-0.2, -0.15) is 0 Å². The number of para-hydroxylation sites is 2. The average molecular weight is 805 g/mol. The van der Waals surface area contributed by atoms with Crippen molar-refractivity contribution >= 4 is 100 Å². The molecule has 0 fully saturated rings. The van der Waals surface area contributed by atoms with Crippen molar-refractivity contribution in [3.05, 3.63) is 224 Å². The molecule has 4 nitrogen and oxygen atoms in total. The summed E-state index contributed by atoms with van der Waals surface area (Å²) in [5.74, 6) is 3.29. The summed E-state index contributed by atoms with van der Waals surface area (Å²) in [6.45, 7) is -0.174. The van der Waals surface area contributed by atoms with Crippen LogP contribution in [0.4, 0.5) is 34.1 Å². The van der Waals surface area contributed by atoms with Crippen LogP contribution in [0, 0.1) is 0 Å². The maximum Gasteiger partial charge on any atom is 0.262 e. The van der Waals surface area contributed by atoms with Crippen LogP contribution in [0.1, 0.15) is 0 Å².